The number of hydrogen-bond acceptors (Lipinski definition) is 5. The van der Waals surface area contributed by atoms with Gasteiger partial charge in [-0.25, -0.2) is 0 Å². The molecule has 1 aromatic carbocycles. The third-order valence-electron chi connectivity index (χ3n) is 3.89. The van der Waals surface area contributed by atoms with Crippen molar-refractivity contribution in [1.29, 1.82) is 0 Å². The number of rotatable bonds is 4. The molecular formula is C16H19NO4. The predicted octanol–water partition coefficient (Wildman–Crippen LogP) is 3.25. The first-order chi connectivity index (χ1) is 10.3. The maximum absolute atomic E-state index is 5.57. The Morgan fingerprint density at radius 2 is 1.62 bits per heavy atom. The highest BCUT2D eigenvalue weighted by atomic mass is 16.5. The van der Waals surface area contributed by atoms with Crippen molar-refractivity contribution >= 4 is 0 Å². The van der Waals surface area contributed by atoms with Crippen LogP contribution >= 0.6 is 0 Å². The van der Waals surface area contributed by atoms with E-state index in [-0.39, 0.29) is 0 Å². The second-order valence-electron chi connectivity index (χ2n) is 5.06. The molecule has 0 aliphatic heterocycles. The van der Waals surface area contributed by atoms with Gasteiger partial charge in [-0.05, 0) is 37.8 Å². The average Bonchev–Trinajstić information content (AvgIpc) is 2.97. The van der Waals surface area contributed by atoms with E-state index in [1.165, 1.54) is 18.4 Å². The van der Waals surface area contributed by atoms with E-state index in [1.54, 1.807) is 21.3 Å². The van der Waals surface area contributed by atoms with Gasteiger partial charge in [-0.3, -0.25) is 0 Å². The fourth-order valence-corrected chi connectivity index (χ4v) is 2.83. The van der Waals surface area contributed by atoms with Crippen LogP contribution in [0.1, 0.15) is 24.1 Å². The van der Waals surface area contributed by atoms with Crippen LogP contribution in [0.2, 0.25) is 0 Å². The normalized spacial score (nSPS) is 13.7. The van der Waals surface area contributed by atoms with Gasteiger partial charge in [-0.15, -0.1) is 0 Å². The van der Waals surface area contributed by atoms with Crippen molar-refractivity contribution in [3.8, 4) is 28.6 Å². The molecular weight excluding hydrogens is 270 g/mol. The quantitative estimate of drug-likeness (QED) is 0.864. The maximum atomic E-state index is 5.57. The number of aryl methyl sites for hydroxylation is 1. The number of methoxy groups -OCH3 is 3. The van der Waals surface area contributed by atoms with Gasteiger partial charge in [0.2, 0.25) is 5.75 Å². The first-order valence-electron chi connectivity index (χ1n) is 7.06. The Labute approximate surface area is 123 Å². The molecule has 3 rings (SSSR count). The smallest absolute Gasteiger partial charge is 0.203 e. The van der Waals surface area contributed by atoms with Crippen molar-refractivity contribution in [1.82, 2.24) is 5.16 Å². The molecule has 5 heteroatoms. The van der Waals surface area contributed by atoms with Crippen molar-refractivity contribution in [2.75, 3.05) is 21.3 Å². The summed E-state index contributed by atoms with van der Waals surface area (Å²) in [5, 5.41) is 4.20. The second-order valence-corrected chi connectivity index (χ2v) is 5.06. The van der Waals surface area contributed by atoms with Gasteiger partial charge in [0.05, 0.1) is 27.0 Å². The molecule has 0 amide bonds. The number of aromatic nitrogens is 1. The molecule has 2 aromatic rings. The van der Waals surface area contributed by atoms with Crippen LogP contribution in [-0.2, 0) is 12.8 Å². The molecule has 0 N–H and O–H groups in total. The van der Waals surface area contributed by atoms with E-state index in [2.05, 4.69) is 5.16 Å². The molecule has 0 spiro atoms. The summed E-state index contributed by atoms with van der Waals surface area (Å²) in [5.41, 5.74) is 3.18. The van der Waals surface area contributed by atoms with Gasteiger partial charge in [0.15, 0.2) is 17.3 Å². The summed E-state index contributed by atoms with van der Waals surface area (Å²) >= 11 is 0. The van der Waals surface area contributed by atoms with E-state index in [0.717, 1.165) is 29.9 Å². The molecule has 0 bridgehead atoms. The van der Waals surface area contributed by atoms with Gasteiger partial charge in [-0.1, -0.05) is 5.16 Å². The summed E-state index contributed by atoms with van der Waals surface area (Å²) < 4.78 is 21.7. The highest BCUT2D eigenvalue weighted by Gasteiger charge is 2.23. The minimum Gasteiger partial charge on any atom is -0.493 e. The zero-order chi connectivity index (χ0) is 14.8. The summed E-state index contributed by atoms with van der Waals surface area (Å²) in [6.45, 7) is 0. The fourth-order valence-electron chi connectivity index (χ4n) is 2.83. The van der Waals surface area contributed by atoms with Crippen LogP contribution in [0.5, 0.6) is 17.2 Å². The van der Waals surface area contributed by atoms with Crippen molar-refractivity contribution in [2.24, 2.45) is 0 Å². The van der Waals surface area contributed by atoms with Crippen molar-refractivity contribution in [3.05, 3.63) is 23.4 Å². The SMILES string of the molecule is COc1cc(-c2onc3c2CCCC3)cc(OC)c1OC. The molecule has 1 aliphatic rings. The summed E-state index contributed by atoms with van der Waals surface area (Å²) in [7, 11) is 4.81. The van der Waals surface area contributed by atoms with Crippen molar-refractivity contribution < 1.29 is 18.7 Å². The van der Waals surface area contributed by atoms with Gasteiger partial charge < -0.3 is 18.7 Å². The molecule has 5 nitrogen and oxygen atoms in total. The first kappa shape index (κ1) is 13.8. The summed E-state index contributed by atoms with van der Waals surface area (Å²) in [6, 6.07) is 3.80. The first-order valence-corrected chi connectivity index (χ1v) is 7.06. The summed E-state index contributed by atoms with van der Waals surface area (Å²) in [4.78, 5) is 0. The molecule has 0 atom stereocenters. The molecule has 0 radical (unpaired) electrons. The Hall–Kier alpha value is -2.17. The topological polar surface area (TPSA) is 53.7 Å². The minimum absolute atomic E-state index is 0.581. The summed E-state index contributed by atoms with van der Waals surface area (Å²) in [5.74, 6) is 2.63. The predicted molar refractivity (Wildman–Crippen MR) is 78.2 cm³/mol. The van der Waals surface area contributed by atoms with Crippen molar-refractivity contribution in [2.45, 2.75) is 25.7 Å². The van der Waals surface area contributed by atoms with E-state index in [9.17, 15) is 0 Å². The third kappa shape index (κ3) is 2.33. The standard InChI is InChI=1S/C16H19NO4/c1-18-13-8-10(9-14(19-2)16(13)20-3)15-11-6-4-5-7-12(11)17-21-15/h8-9H,4-7H2,1-3H3. The number of nitrogens with zero attached hydrogens (tertiary/aromatic N) is 1. The number of benzene rings is 1. The largest absolute Gasteiger partial charge is 0.493 e. The van der Waals surface area contributed by atoms with Crippen LogP contribution in [-0.4, -0.2) is 26.5 Å². The maximum Gasteiger partial charge on any atom is 0.203 e. The van der Waals surface area contributed by atoms with Gasteiger partial charge in [-0.2, -0.15) is 0 Å². The lowest BCUT2D eigenvalue weighted by molar-refractivity contribution is 0.324. The average molecular weight is 289 g/mol. The Morgan fingerprint density at radius 3 is 2.24 bits per heavy atom. The molecule has 0 saturated heterocycles. The Morgan fingerprint density at radius 1 is 0.952 bits per heavy atom. The molecule has 112 valence electrons. The van der Waals surface area contributed by atoms with Crippen molar-refractivity contribution in [3.63, 3.8) is 0 Å². The van der Waals surface area contributed by atoms with Gasteiger partial charge >= 0.3 is 0 Å². The van der Waals surface area contributed by atoms with E-state index in [1.807, 2.05) is 12.1 Å². The number of ether oxygens (including phenoxy) is 3. The van der Waals surface area contributed by atoms with Crippen LogP contribution in [0.3, 0.4) is 0 Å². The Balaban J connectivity index is 2.12. The van der Waals surface area contributed by atoms with Crippen LogP contribution in [0.25, 0.3) is 11.3 Å². The second kappa shape index (κ2) is 5.68. The molecule has 0 unspecified atom stereocenters. The number of fused-ring (bicyclic) bond motifs is 1. The fraction of sp³-hybridized carbons (Fsp3) is 0.438. The molecule has 1 aromatic heterocycles. The van der Waals surface area contributed by atoms with Crippen LogP contribution in [0.15, 0.2) is 16.7 Å². The lowest BCUT2D eigenvalue weighted by atomic mass is 9.94. The highest BCUT2D eigenvalue weighted by molar-refractivity contribution is 5.70. The third-order valence-corrected chi connectivity index (χ3v) is 3.89. The van der Waals surface area contributed by atoms with Gasteiger partial charge in [0, 0.05) is 11.1 Å². The van der Waals surface area contributed by atoms with E-state index in [4.69, 9.17) is 18.7 Å². The van der Waals surface area contributed by atoms with Crippen LogP contribution < -0.4 is 14.2 Å². The van der Waals surface area contributed by atoms with E-state index < -0.39 is 0 Å². The zero-order valence-electron chi connectivity index (χ0n) is 12.6. The minimum atomic E-state index is 0.581. The van der Waals surface area contributed by atoms with Crippen LogP contribution in [0, 0.1) is 0 Å². The zero-order valence-corrected chi connectivity index (χ0v) is 12.6. The Kier molecular flexibility index (Phi) is 3.73. The Bertz CT molecular complexity index is 623. The van der Waals surface area contributed by atoms with E-state index >= 15 is 0 Å². The highest BCUT2D eigenvalue weighted by Crippen LogP contribution is 2.42. The molecule has 1 aliphatic carbocycles. The molecule has 1 heterocycles. The van der Waals surface area contributed by atoms with E-state index in [0.29, 0.717) is 17.2 Å². The van der Waals surface area contributed by atoms with Gasteiger partial charge in [0.1, 0.15) is 0 Å². The molecule has 0 saturated carbocycles. The number of hydrogen-bond donors (Lipinski definition) is 0. The van der Waals surface area contributed by atoms with Gasteiger partial charge in [0.25, 0.3) is 0 Å². The summed E-state index contributed by atoms with van der Waals surface area (Å²) in [6.07, 6.45) is 4.34. The lowest BCUT2D eigenvalue weighted by Crippen LogP contribution is -2.01. The lowest BCUT2D eigenvalue weighted by Gasteiger charge is -2.14. The molecule has 21 heavy (non-hydrogen) atoms. The molecule has 0 fully saturated rings. The van der Waals surface area contributed by atoms with Crippen LogP contribution in [0.4, 0.5) is 0 Å². The monoisotopic (exact) mass is 289 g/mol.